The molecule has 1 aliphatic rings. The molecule has 0 saturated heterocycles. The second-order valence-electron chi connectivity index (χ2n) is 3.79. The van der Waals surface area contributed by atoms with Crippen LogP contribution in [0.1, 0.15) is 22.8 Å². The molecule has 0 amide bonds. The van der Waals surface area contributed by atoms with Gasteiger partial charge in [-0.25, -0.2) is 4.98 Å². The topological polar surface area (TPSA) is 33.8 Å². The molecule has 0 fully saturated rings. The van der Waals surface area contributed by atoms with Crippen LogP contribution in [0.2, 0.25) is 0 Å². The Hall–Kier alpha value is -2.03. The standard InChI is InChI=1S/C13H11N2O/c1-2-15-8-4-6-10-12(15)11-9(13(10)16)5-3-7-14-11/h3-8H,2H2,1H3/q+1. The highest BCUT2D eigenvalue weighted by Crippen LogP contribution is 2.31. The lowest BCUT2D eigenvalue weighted by Crippen LogP contribution is -2.35. The molecule has 0 saturated carbocycles. The third-order valence-corrected chi connectivity index (χ3v) is 2.93. The van der Waals surface area contributed by atoms with E-state index in [1.807, 2.05) is 24.4 Å². The molecule has 2 heterocycles. The highest BCUT2D eigenvalue weighted by molar-refractivity contribution is 6.19. The van der Waals surface area contributed by atoms with E-state index in [-0.39, 0.29) is 5.78 Å². The van der Waals surface area contributed by atoms with Crippen LogP contribution in [0.15, 0.2) is 36.7 Å². The molecular weight excluding hydrogens is 200 g/mol. The summed E-state index contributed by atoms with van der Waals surface area (Å²) in [5, 5.41) is 0. The molecule has 0 N–H and O–H groups in total. The molecule has 78 valence electrons. The molecular formula is C13H11N2O+. The molecule has 0 aliphatic heterocycles. The second-order valence-corrected chi connectivity index (χ2v) is 3.79. The fourth-order valence-corrected chi connectivity index (χ4v) is 2.18. The van der Waals surface area contributed by atoms with Crippen LogP contribution in [0.3, 0.4) is 0 Å². The van der Waals surface area contributed by atoms with E-state index in [0.29, 0.717) is 5.56 Å². The molecule has 2 aromatic heterocycles. The molecule has 0 aromatic carbocycles. The maximum absolute atomic E-state index is 12.1. The van der Waals surface area contributed by atoms with Crippen molar-refractivity contribution in [2.75, 3.05) is 0 Å². The van der Waals surface area contributed by atoms with Crippen molar-refractivity contribution >= 4 is 5.78 Å². The average molecular weight is 211 g/mol. The van der Waals surface area contributed by atoms with Crippen LogP contribution >= 0.6 is 0 Å². The Bertz CT molecular complexity index is 590. The number of rotatable bonds is 1. The maximum atomic E-state index is 12.1. The van der Waals surface area contributed by atoms with Crippen LogP contribution in [0.4, 0.5) is 0 Å². The Balaban J connectivity index is 2.39. The van der Waals surface area contributed by atoms with Gasteiger partial charge in [-0.3, -0.25) is 4.79 Å². The van der Waals surface area contributed by atoms with Crippen molar-refractivity contribution in [1.82, 2.24) is 4.98 Å². The minimum atomic E-state index is 0.0842. The SMILES string of the molecule is CC[n+]1cccc2c1-c1ncccc1C2=O. The third-order valence-electron chi connectivity index (χ3n) is 2.93. The Labute approximate surface area is 93.4 Å². The fourth-order valence-electron chi connectivity index (χ4n) is 2.18. The van der Waals surface area contributed by atoms with E-state index in [4.69, 9.17) is 0 Å². The average Bonchev–Trinajstić information content (AvgIpc) is 2.64. The van der Waals surface area contributed by atoms with Gasteiger partial charge in [0.25, 0.3) is 0 Å². The number of carbonyl (C=O) groups excluding carboxylic acids is 1. The number of nitrogens with zero attached hydrogens (tertiary/aromatic N) is 2. The van der Waals surface area contributed by atoms with Crippen molar-refractivity contribution in [2.45, 2.75) is 13.5 Å². The summed E-state index contributed by atoms with van der Waals surface area (Å²) in [6.45, 7) is 2.90. The van der Waals surface area contributed by atoms with Gasteiger partial charge in [-0.2, -0.15) is 4.57 Å². The van der Waals surface area contributed by atoms with Crippen LogP contribution in [0.5, 0.6) is 0 Å². The monoisotopic (exact) mass is 211 g/mol. The second kappa shape index (κ2) is 3.23. The van der Waals surface area contributed by atoms with E-state index in [1.165, 1.54) is 0 Å². The van der Waals surface area contributed by atoms with E-state index in [2.05, 4.69) is 16.5 Å². The summed E-state index contributed by atoms with van der Waals surface area (Å²) in [6.07, 6.45) is 3.71. The Kier molecular flexibility index (Phi) is 1.86. The normalized spacial score (nSPS) is 12.4. The quantitative estimate of drug-likeness (QED) is 0.573. The van der Waals surface area contributed by atoms with E-state index >= 15 is 0 Å². The predicted octanol–water partition coefficient (Wildman–Crippen LogP) is 1.60. The summed E-state index contributed by atoms with van der Waals surface area (Å²) in [5.74, 6) is 0.0842. The van der Waals surface area contributed by atoms with Gasteiger partial charge in [-0.15, -0.1) is 0 Å². The summed E-state index contributed by atoms with van der Waals surface area (Å²) in [5.41, 5.74) is 3.24. The molecule has 0 bridgehead atoms. The molecule has 3 nitrogen and oxygen atoms in total. The minimum absolute atomic E-state index is 0.0842. The highest BCUT2D eigenvalue weighted by Gasteiger charge is 2.34. The molecule has 3 rings (SSSR count). The van der Waals surface area contributed by atoms with Crippen LogP contribution in [0.25, 0.3) is 11.4 Å². The lowest BCUT2D eigenvalue weighted by molar-refractivity contribution is -0.682. The molecule has 3 heteroatoms. The first kappa shape index (κ1) is 9.21. The van der Waals surface area contributed by atoms with Gasteiger partial charge in [0.2, 0.25) is 11.5 Å². The molecule has 0 radical (unpaired) electrons. The first-order valence-corrected chi connectivity index (χ1v) is 5.35. The highest BCUT2D eigenvalue weighted by atomic mass is 16.1. The van der Waals surface area contributed by atoms with Gasteiger partial charge in [0.1, 0.15) is 12.2 Å². The Morgan fingerprint density at radius 1 is 1.25 bits per heavy atom. The van der Waals surface area contributed by atoms with Crippen molar-refractivity contribution in [2.24, 2.45) is 0 Å². The summed E-state index contributed by atoms with van der Waals surface area (Å²) in [6, 6.07) is 7.42. The number of aryl methyl sites for hydroxylation is 1. The molecule has 0 atom stereocenters. The van der Waals surface area contributed by atoms with Crippen molar-refractivity contribution in [3.05, 3.63) is 47.8 Å². The smallest absolute Gasteiger partial charge is 0.243 e. The molecule has 0 spiro atoms. The summed E-state index contributed by atoms with van der Waals surface area (Å²) >= 11 is 0. The maximum Gasteiger partial charge on any atom is 0.243 e. The lowest BCUT2D eigenvalue weighted by Gasteiger charge is -1.98. The van der Waals surface area contributed by atoms with Gasteiger partial charge in [0.05, 0.1) is 11.1 Å². The van der Waals surface area contributed by atoms with Gasteiger partial charge in [0.15, 0.2) is 6.20 Å². The zero-order valence-electron chi connectivity index (χ0n) is 8.97. The van der Waals surface area contributed by atoms with Crippen LogP contribution in [-0.2, 0) is 6.54 Å². The number of hydrogen-bond donors (Lipinski definition) is 0. The zero-order valence-corrected chi connectivity index (χ0v) is 8.97. The van der Waals surface area contributed by atoms with Gasteiger partial charge in [-0.05, 0) is 25.1 Å². The van der Waals surface area contributed by atoms with Gasteiger partial charge in [-0.1, -0.05) is 0 Å². The number of carbonyl (C=O) groups is 1. The summed E-state index contributed by atoms with van der Waals surface area (Å²) in [7, 11) is 0. The summed E-state index contributed by atoms with van der Waals surface area (Å²) in [4.78, 5) is 16.4. The predicted molar refractivity (Wildman–Crippen MR) is 59.0 cm³/mol. The van der Waals surface area contributed by atoms with Gasteiger partial charge < -0.3 is 0 Å². The molecule has 2 aromatic rings. The molecule has 0 unspecified atom stereocenters. The first-order chi connectivity index (χ1) is 7.83. The largest absolute Gasteiger partial charge is 0.288 e. The van der Waals surface area contributed by atoms with Crippen LogP contribution in [-0.4, -0.2) is 10.8 Å². The lowest BCUT2D eigenvalue weighted by atomic mass is 10.1. The first-order valence-electron chi connectivity index (χ1n) is 5.35. The Morgan fingerprint density at radius 2 is 2.06 bits per heavy atom. The van der Waals surface area contributed by atoms with E-state index < -0.39 is 0 Å². The molecule has 1 aliphatic carbocycles. The number of pyridine rings is 2. The van der Waals surface area contributed by atoms with Crippen molar-refractivity contribution < 1.29 is 9.36 Å². The fraction of sp³-hybridized carbons (Fsp3) is 0.154. The van der Waals surface area contributed by atoms with Gasteiger partial charge >= 0.3 is 0 Å². The third kappa shape index (κ3) is 1.05. The number of fused-ring (bicyclic) bond motifs is 3. The number of ketones is 1. The van der Waals surface area contributed by atoms with E-state index in [0.717, 1.165) is 23.5 Å². The zero-order chi connectivity index (χ0) is 11.1. The summed E-state index contributed by atoms with van der Waals surface area (Å²) < 4.78 is 2.06. The van der Waals surface area contributed by atoms with Crippen molar-refractivity contribution in [3.63, 3.8) is 0 Å². The Morgan fingerprint density at radius 3 is 2.88 bits per heavy atom. The minimum Gasteiger partial charge on any atom is -0.288 e. The van der Waals surface area contributed by atoms with Crippen LogP contribution in [0, 0.1) is 0 Å². The van der Waals surface area contributed by atoms with Crippen LogP contribution < -0.4 is 4.57 Å². The number of hydrogen-bond acceptors (Lipinski definition) is 2. The van der Waals surface area contributed by atoms with Crippen molar-refractivity contribution in [3.8, 4) is 11.4 Å². The molecule has 16 heavy (non-hydrogen) atoms. The van der Waals surface area contributed by atoms with E-state index in [1.54, 1.807) is 12.3 Å². The van der Waals surface area contributed by atoms with E-state index in [9.17, 15) is 4.79 Å². The van der Waals surface area contributed by atoms with Crippen molar-refractivity contribution in [1.29, 1.82) is 0 Å². The van der Waals surface area contributed by atoms with Gasteiger partial charge in [0, 0.05) is 12.3 Å². The number of aromatic nitrogens is 2.